The maximum atomic E-state index is 11.4. The van der Waals surface area contributed by atoms with Gasteiger partial charge in [0.05, 0.1) is 19.6 Å². The first kappa shape index (κ1) is 14.5. The van der Waals surface area contributed by atoms with Crippen molar-refractivity contribution in [2.45, 2.75) is 32.9 Å². The fourth-order valence-electron chi connectivity index (χ4n) is 1.73. The summed E-state index contributed by atoms with van der Waals surface area (Å²) in [5.74, 6) is -0.179. The number of benzene rings is 1. The van der Waals surface area contributed by atoms with E-state index in [9.17, 15) is 4.79 Å². The summed E-state index contributed by atoms with van der Waals surface area (Å²) in [6, 6.07) is 7.94. The summed E-state index contributed by atoms with van der Waals surface area (Å²) in [6.07, 6.45) is 0.356. The molecule has 0 spiro atoms. The zero-order chi connectivity index (χ0) is 13.4. The number of anilines is 1. The minimum atomic E-state index is -0.179. The molecule has 0 saturated heterocycles. The lowest BCUT2D eigenvalue weighted by Gasteiger charge is -2.17. The van der Waals surface area contributed by atoms with Gasteiger partial charge in [0, 0.05) is 24.4 Å². The van der Waals surface area contributed by atoms with Crippen molar-refractivity contribution in [3.63, 3.8) is 0 Å². The zero-order valence-electron chi connectivity index (χ0n) is 11.2. The zero-order valence-corrected chi connectivity index (χ0v) is 11.2. The molecule has 0 amide bonds. The molecule has 4 heteroatoms. The van der Waals surface area contributed by atoms with Crippen LogP contribution in [0.15, 0.2) is 24.3 Å². The Morgan fingerprint density at radius 2 is 2.11 bits per heavy atom. The molecule has 1 aromatic carbocycles. The summed E-state index contributed by atoms with van der Waals surface area (Å²) in [5.41, 5.74) is 2.08. The van der Waals surface area contributed by atoms with Gasteiger partial charge >= 0.3 is 5.97 Å². The Kier molecular flexibility index (Phi) is 6.22. The van der Waals surface area contributed by atoms with E-state index in [4.69, 9.17) is 9.47 Å². The Morgan fingerprint density at radius 3 is 2.78 bits per heavy atom. The fourth-order valence-corrected chi connectivity index (χ4v) is 1.73. The summed E-state index contributed by atoms with van der Waals surface area (Å²) in [4.78, 5) is 11.4. The largest absolute Gasteiger partial charge is 0.466 e. The second-order valence-corrected chi connectivity index (χ2v) is 4.14. The Labute approximate surface area is 108 Å². The predicted octanol–water partition coefficient (Wildman–Crippen LogP) is 2.59. The average Bonchev–Trinajstić information content (AvgIpc) is 2.32. The monoisotopic (exact) mass is 251 g/mol. The van der Waals surface area contributed by atoms with Crippen LogP contribution < -0.4 is 5.32 Å². The molecule has 0 radical (unpaired) electrons. The molecule has 1 unspecified atom stereocenters. The number of ether oxygens (including phenoxy) is 2. The van der Waals surface area contributed by atoms with Crippen LogP contribution in [-0.2, 0) is 20.9 Å². The molecule has 0 aliphatic rings. The number of hydrogen-bond donors (Lipinski definition) is 1. The van der Waals surface area contributed by atoms with Crippen LogP contribution in [0.1, 0.15) is 25.8 Å². The van der Waals surface area contributed by atoms with Crippen LogP contribution in [0.2, 0.25) is 0 Å². The standard InChI is InChI=1S/C14H21NO3/c1-4-18-14(16)9-11(2)15-13-8-6-5-7-12(13)10-17-3/h5-8,11,15H,4,9-10H2,1-3H3. The van der Waals surface area contributed by atoms with Crippen molar-refractivity contribution in [1.82, 2.24) is 0 Å². The van der Waals surface area contributed by atoms with Crippen LogP contribution in [0.25, 0.3) is 0 Å². The molecule has 0 fully saturated rings. The van der Waals surface area contributed by atoms with E-state index in [1.807, 2.05) is 38.1 Å². The summed E-state index contributed by atoms with van der Waals surface area (Å²) in [7, 11) is 1.67. The number of para-hydroxylation sites is 1. The van der Waals surface area contributed by atoms with Crippen LogP contribution in [0.3, 0.4) is 0 Å². The van der Waals surface area contributed by atoms with Crippen LogP contribution in [0, 0.1) is 0 Å². The molecule has 0 heterocycles. The molecule has 18 heavy (non-hydrogen) atoms. The smallest absolute Gasteiger partial charge is 0.307 e. The number of carbonyl (C=O) groups is 1. The van der Waals surface area contributed by atoms with Gasteiger partial charge in [0.1, 0.15) is 0 Å². The van der Waals surface area contributed by atoms with Crippen LogP contribution in [-0.4, -0.2) is 25.7 Å². The summed E-state index contributed by atoms with van der Waals surface area (Å²) in [5, 5.41) is 3.30. The first-order valence-corrected chi connectivity index (χ1v) is 6.16. The molecule has 0 bridgehead atoms. The van der Waals surface area contributed by atoms with Gasteiger partial charge in [-0.05, 0) is 19.9 Å². The summed E-state index contributed by atoms with van der Waals surface area (Å²) >= 11 is 0. The molecular formula is C14H21NO3. The van der Waals surface area contributed by atoms with Crippen molar-refractivity contribution in [2.75, 3.05) is 19.0 Å². The Balaban J connectivity index is 2.58. The van der Waals surface area contributed by atoms with Crippen molar-refractivity contribution in [3.05, 3.63) is 29.8 Å². The van der Waals surface area contributed by atoms with Crippen molar-refractivity contribution >= 4 is 11.7 Å². The number of methoxy groups -OCH3 is 1. The van der Waals surface area contributed by atoms with Crippen LogP contribution >= 0.6 is 0 Å². The van der Waals surface area contributed by atoms with Gasteiger partial charge in [-0.3, -0.25) is 4.79 Å². The van der Waals surface area contributed by atoms with Crippen LogP contribution in [0.5, 0.6) is 0 Å². The SMILES string of the molecule is CCOC(=O)CC(C)Nc1ccccc1COC. The molecule has 1 aromatic rings. The summed E-state index contributed by atoms with van der Waals surface area (Å²) < 4.78 is 10.1. The van der Waals surface area contributed by atoms with E-state index in [1.54, 1.807) is 7.11 Å². The highest BCUT2D eigenvalue weighted by Crippen LogP contribution is 2.17. The molecule has 0 aromatic heterocycles. The number of carbonyl (C=O) groups excluding carboxylic acids is 1. The molecule has 0 aliphatic carbocycles. The third kappa shape index (κ3) is 4.75. The van der Waals surface area contributed by atoms with Gasteiger partial charge in [-0.1, -0.05) is 18.2 Å². The molecule has 100 valence electrons. The van der Waals surface area contributed by atoms with E-state index in [2.05, 4.69) is 5.32 Å². The van der Waals surface area contributed by atoms with Crippen molar-refractivity contribution < 1.29 is 14.3 Å². The minimum absolute atomic E-state index is 0.0297. The number of esters is 1. The highest BCUT2D eigenvalue weighted by atomic mass is 16.5. The molecule has 0 aliphatic heterocycles. The van der Waals surface area contributed by atoms with E-state index in [-0.39, 0.29) is 12.0 Å². The fraction of sp³-hybridized carbons (Fsp3) is 0.500. The first-order chi connectivity index (χ1) is 8.67. The van der Waals surface area contributed by atoms with E-state index >= 15 is 0 Å². The second kappa shape index (κ2) is 7.71. The Morgan fingerprint density at radius 1 is 1.39 bits per heavy atom. The number of hydrogen-bond acceptors (Lipinski definition) is 4. The van der Waals surface area contributed by atoms with E-state index < -0.39 is 0 Å². The molecule has 1 N–H and O–H groups in total. The van der Waals surface area contributed by atoms with Crippen molar-refractivity contribution in [1.29, 1.82) is 0 Å². The number of nitrogens with one attached hydrogen (secondary N) is 1. The van der Waals surface area contributed by atoms with Gasteiger partial charge in [-0.25, -0.2) is 0 Å². The molecular weight excluding hydrogens is 230 g/mol. The maximum absolute atomic E-state index is 11.4. The van der Waals surface area contributed by atoms with Gasteiger partial charge in [-0.2, -0.15) is 0 Å². The van der Waals surface area contributed by atoms with Gasteiger partial charge in [0.15, 0.2) is 0 Å². The van der Waals surface area contributed by atoms with Gasteiger partial charge in [-0.15, -0.1) is 0 Å². The molecule has 1 rings (SSSR count). The molecule has 0 saturated carbocycles. The quantitative estimate of drug-likeness (QED) is 0.757. The first-order valence-electron chi connectivity index (χ1n) is 6.16. The van der Waals surface area contributed by atoms with Gasteiger partial charge in [0.25, 0.3) is 0 Å². The van der Waals surface area contributed by atoms with E-state index in [0.717, 1.165) is 11.3 Å². The minimum Gasteiger partial charge on any atom is -0.466 e. The third-order valence-corrected chi connectivity index (χ3v) is 2.50. The lowest BCUT2D eigenvalue weighted by atomic mass is 10.1. The van der Waals surface area contributed by atoms with Crippen molar-refractivity contribution in [2.24, 2.45) is 0 Å². The average molecular weight is 251 g/mol. The van der Waals surface area contributed by atoms with Crippen molar-refractivity contribution in [3.8, 4) is 0 Å². The highest BCUT2D eigenvalue weighted by Gasteiger charge is 2.11. The molecule has 4 nitrogen and oxygen atoms in total. The maximum Gasteiger partial charge on any atom is 0.307 e. The van der Waals surface area contributed by atoms with Gasteiger partial charge in [0.2, 0.25) is 0 Å². The Hall–Kier alpha value is -1.55. The lowest BCUT2D eigenvalue weighted by Crippen LogP contribution is -2.21. The van der Waals surface area contributed by atoms with E-state index in [0.29, 0.717) is 19.6 Å². The highest BCUT2D eigenvalue weighted by molar-refractivity contribution is 5.70. The van der Waals surface area contributed by atoms with Gasteiger partial charge < -0.3 is 14.8 Å². The summed E-state index contributed by atoms with van der Waals surface area (Å²) in [6.45, 7) is 4.74. The predicted molar refractivity (Wildman–Crippen MR) is 71.5 cm³/mol. The third-order valence-electron chi connectivity index (χ3n) is 2.50. The topological polar surface area (TPSA) is 47.6 Å². The lowest BCUT2D eigenvalue weighted by molar-refractivity contribution is -0.143. The molecule has 1 atom stereocenters. The van der Waals surface area contributed by atoms with Crippen LogP contribution in [0.4, 0.5) is 5.69 Å². The second-order valence-electron chi connectivity index (χ2n) is 4.14. The van der Waals surface area contributed by atoms with E-state index in [1.165, 1.54) is 0 Å². The number of rotatable bonds is 7. The Bertz CT molecular complexity index is 379. The normalized spacial score (nSPS) is 11.9.